The Morgan fingerprint density at radius 2 is 1.92 bits per heavy atom. The van der Waals surface area contributed by atoms with Crippen LogP contribution in [-0.4, -0.2) is 10.0 Å². The summed E-state index contributed by atoms with van der Waals surface area (Å²) in [5.41, 5.74) is 1.23. The number of nitro groups is 1. The fraction of sp³-hybridized carbons (Fsp3) is 0.0556. The van der Waals surface area contributed by atoms with Crippen molar-refractivity contribution in [3.8, 4) is 0 Å². The third kappa shape index (κ3) is 4.19. The van der Waals surface area contributed by atoms with Crippen molar-refractivity contribution in [1.82, 2.24) is 5.32 Å². The molecule has 0 bridgehead atoms. The second-order valence-corrected chi connectivity index (χ2v) is 6.19. The molecule has 26 heavy (non-hydrogen) atoms. The Hall–Kier alpha value is -2.90. The number of benzene rings is 2. The van der Waals surface area contributed by atoms with E-state index in [1.54, 1.807) is 12.3 Å². The summed E-state index contributed by atoms with van der Waals surface area (Å²) in [6.07, 6.45) is 1.58. The van der Waals surface area contributed by atoms with Crippen molar-refractivity contribution in [1.29, 1.82) is 0 Å². The van der Waals surface area contributed by atoms with E-state index in [2.05, 4.69) is 10.6 Å². The van der Waals surface area contributed by atoms with E-state index in [9.17, 15) is 10.1 Å². The largest absolute Gasteiger partial charge is 0.467 e. The Morgan fingerprint density at radius 3 is 2.58 bits per heavy atom. The lowest BCUT2D eigenvalue weighted by Gasteiger charge is -2.20. The van der Waals surface area contributed by atoms with Gasteiger partial charge < -0.3 is 15.1 Å². The molecule has 0 spiro atoms. The van der Waals surface area contributed by atoms with E-state index in [0.717, 1.165) is 5.56 Å². The molecule has 0 aliphatic rings. The first-order chi connectivity index (χ1) is 12.5. The molecular weight excluding hydrogens is 374 g/mol. The zero-order chi connectivity index (χ0) is 18.5. The van der Waals surface area contributed by atoms with Crippen molar-refractivity contribution in [2.75, 3.05) is 5.32 Å². The van der Waals surface area contributed by atoms with Crippen LogP contribution >= 0.6 is 23.8 Å². The van der Waals surface area contributed by atoms with Crippen LogP contribution in [0.1, 0.15) is 17.4 Å². The number of non-ortho nitro benzene ring substituents is 1. The monoisotopic (exact) mass is 387 g/mol. The van der Waals surface area contributed by atoms with Crippen LogP contribution in [0.5, 0.6) is 0 Å². The topological polar surface area (TPSA) is 80.3 Å². The lowest BCUT2D eigenvalue weighted by Crippen LogP contribution is -2.32. The molecule has 0 saturated carbocycles. The van der Waals surface area contributed by atoms with Crippen LogP contribution in [0.3, 0.4) is 0 Å². The molecular formula is C18H14ClN3O3S. The Morgan fingerprint density at radius 1 is 1.15 bits per heavy atom. The van der Waals surface area contributed by atoms with Gasteiger partial charge in [0.2, 0.25) is 0 Å². The first-order valence-electron chi connectivity index (χ1n) is 7.64. The zero-order valence-electron chi connectivity index (χ0n) is 13.4. The molecule has 0 radical (unpaired) electrons. The molecule has 1 heterocycles. The second kappa shape index (κ2) is 7.99. The molecule has 6 nitrogen and oxygen atoms in total. The van der Waals surface area contributed by atoms with Gasteiger partial charge in [0, 0.05) is 12.1 Å². The molecule has 2 N–H and O–H groups in total. The van der Waals surface area contributed by atoms with E-state index < -0.39 is 4.92 Å². The van der Waals surface area contributed by atoms with Gasteiger partial charge in [0.25, 0.3) is 5.69 Å². The van der Waals surface area contributed by atoms with Gasteiger partial charge in [0.15, 0.2) is 5.11 Å². The summed E-state index contributed by atoms with van der Waals surface area (Å²) in [5.74, 6) is 0.686. The highest BCUT2D eigenvalue weighted by Crippen LogP contribution is 2.27. The van der Waals surface area contributed by atoms with Crippen LogP contribution in [-0.2, 0) is 0 Å². The molecule has 1 aromatic heterocycles. The van der Waals surface area contributed by atoms with Crippen molar-refractivity contribution >= 4 is 40.3 Å². The van der Waals surface area contributed by atoms with E-state index >= 15 is 0 Å². The highest BCUT2D eigenvalue weighted by atomic mass is 35.5. The van der Waals surface area contributed by atoms with E-state index in [1.807, 2.05) is 36.4 Å². The minimum atomic E-state index is -0.492. The normalized spacial score (nSPS) is 11.6. The van der Waals surface area contributed by atoms with Crippen molar-refractivity contribution in [3.05, 3.63) is 93.4 Å². The standard InChI is InChI=1S/C18H14ClN3O3S/c19-14-9-8-13(22(23)24)11-15(14)20-18(26)21-17(16-7-4-10-25-16)12-5-2-1-3-6-12/h1-11,17H,(H2,20,21,26)/t17-/m0/s1. The smallest absolute Gasteiger partial charge is 0.271 e. The molecule has 132 valence electrons. The molecule has 2 aromatic carbocycles. The van der Waals surface area contributed by atoms with Gasteiger partial charge in [0.05, 0.1) is 21.9 Å². The third-order valence-electron chi connectivity index (χ3n) is 3.65. The van der Waals surface area contributed by atoms with Crippen LogP contribution in [0.2, 0.25) is 5.02 Å². The number of nitrogens with zero attached hydrogens (tertiary/aromatic N) is 1. The summed E-state index contributed by atoms with van der Waals surface area (Å²) in [4.78, 5) is 10.4. The molecule has 3 aromatic rings. The lowest BCUT2D eigenvalue weighted by molar-refractivity contribution is -0.384. The molecule has 0 aliphatic heterocycles. The number of hydrogen-bond donors (Lipinski definition) is 2. The number of nitro benzene ring substituents is 1. The van der Waals surface area contributed by atoms with Crippen molar-refractivity contribution in [2.45, 2.75) is 6.04 Å². The van der Waals surface area contributed by atoms with Crippen molar-refractivity contribution in [2.24, 2.45) is 0 Å². The summed E-state index contributed by atoms with van der Waals surface area (Å²) in [6.45, 7) is 0. The first-order valence-corrected chi connectivity index (χ1v) is 8.43. The average Bonchev–Trinajstić information content (AvgIpc) is 3.16. The number of furan rings is 1. The summed E-state index contributed by atoms with van der Waals surface area (Å²) in [5, 5.41) is 17.6. The maximum atomic E-state index is 10.9. The van der Waals surface area contributed by atoms with Crippen LogP contribution in [0, 0.1) is 10.1 Å². The minimum absolute atomic E-state index is 0.0784. The van der Waals surface area contributed by atoms with E-state index in [-0.39, 0.29) is 16.8 Å². The Kier molecular flexibility index (Phi) is 5.50. The van der Waals surface area contributed by atoms with Gasteiger partial charge in [-0.2, -0.15) is 0 Å². The average molecular weight is 388 g/mol. The fourth-order valence-electron chi connectivity index (χ4n) is 2.43. The molecule has 0 fully saturated rings. The third-order valence-corrected chi connectivity index (χ3v) is 4.19. The van der Waals surface area contributed by atoms with Crippen LogP contribution in [0.25, 0.3) is 0 Å². The van der Waals surface area contributed by atoms with Gasteiger partial charge in [-0.25, -0.2) is 0 Å². The molecule has 1 atom stereocenters. The Bertz CT molecular complexity index is 917. The number of nitrogens with one attached hydrogen (secondary N) is 2. The van der Waals surface area contributed by atoms with Gasteiger partial charge >= 0.3 is 0 Å². The van der Waals surface area contributed by atoms with Gasteiger partial charge in [-0.15, -0.1) is 0 Å². The Labute approximate surface area is 159 Å². The van der Waals surface area contributed by atoms with E-state index in [1.165, 1.54) is 18.2 Å². The second-order valence-electron chi connectivity index (χ2n) is 5.38. The molecule has 0 aliphatic carbocycles. The molecule has 8 heteroatoms. The summed E-state index contributed by atoms with van der Waals surface area (Å²) in [7, 11) is 0. The van der Waals surface area contributed by atoms with Crippen molar-refractivity contribution in [3.63, 3.8) is 0 Å². The van der Waals surface area contributed by atoms with Crippen LogP contribution < -0.4 is 10.6 Å². The molecule has 0 amide bonds. The van der Waals surface area contributed by atoms with Gasteiger partial charge in [-0.05, 0) is 36.0 Å². The zero-order valence-corrected chi connectivity index (χ0v) is 15.0. The lowest BCUT2D eigenvalue weighted by atomic mass is 10.1. The SMILES string of the molecule is O=[N+]([O-])c1ccc(Cl)c(NC(=S)N[C@@H](c2ccccc2)c2ccco2)c1. The summed E-state index contributed by atoms with van der Waals surface area (Å²) >= 11 is 11.5. The number of hydrogen-bond acceptors (Lipinski definition) is 4. The highest BCUT2D eigenvalue weighted by Gasteiger charge is 2.18. The van der Waals surface area contributed by atoms with Gasteiger partial charge in [-0.1, -0.05) is 41.9 Å². The summed E-state index contributed by atoms with van der Waals surface area (Å²) in [6, 6.07) is 17.1. The molecule has 3 rings (SSSR count). The molecule has 0 saturated heterocycles. The predicted octanol–water partition coefficient (Wildman–Crippen LogP) is 4.92. The van der Waals surface area contributed by atoms with Gasteiger partial charge in [0.1, 0.15) is 11.8 Å². The Balaban J connectivity index is 1.81. The van der Waals surface area contributed by atoms with E-state index in [4.69, 9.17) is 28.2 Å². The highest BCUT2D eigenvalue weighted by molar-refractivity contribution is 7.80. The predicted molar refractivity (Wildman–Crippen MR) is 104 cm³/mol. The quantitative estimate of drug-likeness (QED) is 0.367. The van der Waals surface area contributed by atoms with Crippen molar-refractivity contribution < 1.29 is 9.34 Å². The number of anilines is 1. The molecule has 0 unspecified atom stereocenters. The first kappa shape index (κ1) is 17.9. The van der Waals surface area contributed by atoms with Gasteiger partial charge in [-0.3, -0.25) is 10.1 Å². The number of halogens is 1. The number of rotatable bonds is 5. The fourth-order valence-corrected chi connectivity index (χ4v) is 2.82. The summed E-state index contributed by atoms with van der Waals surface area (Å²) < 4.78 is 5.51. The van der Waals surface area contributed by atoms with Crippen LogP contribution in [0.15, 0.2) is 71.3 Å². The van der Waals surface area contributed by atoms with Crippen LogP contribution in [0.4, 0.5) is 11.4 Å². The van der Waals surface area contributed by atoms with E-state index in [0.29, 0.717) is 16.5 Å². The number of thiocarbonyl (C=S) groups is 1. The maximum absolute atomic E-state index is 10.9. The maximum Gasteiger partial charge on any atom is 0.271 e. The minimum Gasteiger partial charge on any atom is -0.467 e.